The van der Waals surface area contributed by atoms with Gasteiger partial charge in [-0.15, -0.1) is 0 Å². The molecule has 0 aromatic heterocycles. The summed E-state index contributed by atoms with van der Waals surface area (Å²) in [7, 11) is -2.07. The van der Waals surface area contributed by atoms with Crippen LogP contribution in [0.3, 0.4) is 0 Å². The molecule has 0 heterocycles. The molecule has 82 valence electrons. The zero-order chi connectivity index (χ0) is 11.6. The standard InChI is InChI=1S/C8H16O5Si/c1-8(7(11)12,5-6(9)10)13-14(2,3)4/h5H2,1-4H3,(H,9,10)(H,11,12). The van der Waals surface area contributed by atoms with E-state index in [1.54, 1.807) is 0 Å². The number of carboxylic acid groups (broad SMARTS) is 2. The number of carboxylic acids is 2. The van der Waals surface area contributed by atoms with Crippen molar-refractivity contribution in [3.05, 3.63) is 0 Å². The number of hydrogen-bond acceptors (Lipinski definition) is 3. The van der Waals surface area contributed by atoms with Crippen LogP contribution >= 0.6 is 0 Å². The first-order valence-electron chi connectivity index (χ1n) is 4.22. The minimum Gasteiger partial charge on any atom is -0.481 e. The third kappa shape index (κ3) is 4.38. The molecule has 2 N–H and O–H groups in total. The normalized spacial score (nSPS) is 16.0. The van der Waals surface area contributed by atoms with Crippen LogP contribution in [-0.2, 0) is 14.0 Å². The van der Waals surface area contributed by atoms with Crippen LogP contribution in [0.2, 0.25) is 19.6 Å². The van der Waals surface area contributed by atoms with E-state index in [0.29, 0.717) is 0 Å². The van der Waals surface area contributed by atoms with Crippen molar-refractivity contribution in [3.63, 3.8) is 0 Å². The van der Waals surface area contributed by atoms with E-state index in [2.05, 4.69) is 0 Å². The molecule has 0 aliphatic rings. The van der Waals surface area contributed by atoms with E-state index in [1.165, 1.54) is 6.92 Å². The maximum absolute atomic E-state index is 10.9. The average Bonchev–Trinajstić information content (AvgIpc) is 1.79. The predicted molar refractivity (Wildman–Crippen MR) is 52.7 cm³/mol. The molecule has 6 heteroatoms. The second-order valence-corrected chi connectivity index (χ2v) is 8.75. The van der Waals surface area contributed by atoms with Gasteiger partial charge in [-0.25, -0.2) is 4.79 Å². The zero-order valence-corrected chi connectivity index (χ0v) is 9.83. The Morgan fingerprint density at radius 3 is 1.93 bits per heavy atom. The molecule has 0 aliphatic heterocycles. The Balaban J connectivity index is 4.73. The highest BCUT2D eigenvalue weighted by Gasteiger charge is 2.40. The summed E-state index contributed by atoms with van der Waals surface area (Å²) in [6, 6.07) is 0. The highest BCUT2D eigenvalue weighted by Crippen LogP contribution is 2.21. The van der Waals surface area contributed by atoms with Crippen molar-refractivity contribution in [2.45, 2.75) is 38.6 Å². The minimum absolute atomic E-state index is 0.521. The Morgan fingerprint density at radius 1 is 1.29 bits per heavy atom. The third-order valence-electron chi connectivity index (χ3n) is 1.47. The molecular weight excluding hydrogens is 204 g/mol. The van der Waals surface area contributed by atoms with E-state index in [9.17, 15) is 9.59 Å². The Morgan fingerprint density at radius 2 is 1.71 bits per heavy atom. The molecule has 5 nitrogen and oxygen atoms in total. The first kappa shape index (κ1) is 13.1. The number of aliphatic carboxylic acids is 2. The number of carbonyl (C=O) groups is 2. The molecule has 1 unspecified atom stereocenters. The van der Waals surface area contributed by atoms with E-state index in [1.807, 2.05) is 19.6 Å². The summed E-state index contributed by atoms with van der Waals surface area (Å²) >= 11 is 0. The second kappa shape index (κ2) is 4.10. The molecule has 0 radical (unpaired) electrons. The molecule has 0 bridgehead atoms. The van der Waals surface area contributed by atoms with E-state index in [-0.39, 0.29) is 0 Å². The fourth-order valence-electron chi connectivity index (χ4n) is 1.12. The lowest BCUT2D eigenvalue weighted by atomic mass is 10.0. The van der Waals surface area contributed by atoms with E-state index in [0.717, 1.165) is 0 Å². The lowest BCUT2D eigenvalue weighted by molar-refractivity contribution is -0.161. The SMILES string of the molecule is CC(CC(=O)O)(O[Si](C)(C)C)C(=O)O. The summed E-state index contributed by atoms with van der Waals surface area (Å²) < 4.78 is 5.36. The van der Waals surface area contributed by atoms with Crippen molar-refractivity contribution in [2.24, 2.45) is 0 Å². The summed E-state index contributed by atoms with van der Waals surface area (Å²) in [6.45, 7) is 6.74. The van der Waals surface area contributed by atoms with Gasteiger partial charge in [0, 0.05) is 0 Å². The quantitative estimate of drug-likeness (QED) is 0.679. The van der Waals surface area contributed by atoms with Crippen LogP contribution in [0.25, 0.3) is 0 Å². The fraction of sp³-hybridized carbons (Fsp3) is 0.750. The fourth-order valence-corrected chi connectivity index (χ4v) is 2.63. The molecule has 0 aliphatic carbocycles. The molecule has 0 saturated heterocycles. The topological polar surface area (TPSA) is 83.8 Å². The van der Waals surface area contributed by atoms with Crippen molar-refractivity contribution in [2.75, 3.05) is 0 Å². The molecule has 0 fully saturated rings. The van der Waals surface area contributed by atoms with E-state index < -0.39 is 32.3 Å². The van der Waals surface area contributed by atoms with Gasteiger partial charge >= 0.3 is 11.9 Å². The Bertz CT molecular complexity index is 245. The minimum atomic E-state index is -2.07. The van der Waals surface area contributed by atoms with Crippen LogP contribution in [0, 0.1) is 0 Å². The molecule has 0 rings (SSSR count). The highest BCUT2D eigenvalue weighted by molar-refractivity contribution is 6.70. The molecular formula is C8H16O5Si. The molecule has 0 saturated carbocycles. The zero-order valence-electron chi connectivity index (χ0n) is 8.83. The summed E-state index contributed by atoms with van der Waals surface area (Å²) in [4.78, 5) is 21.3. The highest BCUT2D eigenvalue weighted by atomic mass is 28.4. The summed E-state index contributed by atoms with van der Waals surface area (Å²) in [5.41, 5.74) is -1.61. The Labute approximate surface area is 83.8 Å². The molecule has 1 atom stereocenters. The maximum atomic E-state index is 10.9. The van der Waals surface area contributed by atoms with Gasteiger partial charge in [0.15, 0.2) is 13.9 Å². The van der Waals surface area contributed by atoms with Crippen molar-refractivity contribution in [1.82, 2.24) is 0 Å². The summed E-state index contributed by atoms with van der Waals surface area (Å²) in [6.07, 6.45) is -0.521. The van der Waals surface area contributed by atoms with Gasteiger partial charge in [0.05, 0.1) is 6.42 Å². The van der Waals surface area contributed by atoms with Gasteiger partial charge in [0.25, 0.3) is 0 Å². The molecule has 0 aromatic rings. The van der Waals surface area contributed by atoms with Crippen molar-refractivity contribution >= 4 is 20.3 Å². The van der Waals surface area contributed by atoms with Crippen LogP contribution in [-0.4, -0.2) is 36.1 Å². The summed E-state index contributed by atoms with van der Waals surface area (Å²) in [5, 5.41) is 17.4. The average molecular weight is 220 g/mol. The van der Waals surface area contributed by atoms with Crippen molar-refractivity contribution in [3.8, 4) is 0 Å². The largest absolute Gasteiger partial charge is 0.481 e. The van der Waals surface area contributed by atoms with Crippen LogP contribution < -0.4 is 0 Å². The second-order valence-electron chi connectivity index (χ2n) is 4.32. The van der Waals surface area contributed by atoms with Gasteiger partial charge in [-0.2, -0.15) is 0 Å². The Hall–Kier alpha value is -0.883. The first-order valence-corrected chi connectivity index (χ1v) is 7.63. The Kier molecular flexibility index (Phi) is 3.84. The van der Waals surface area contributed by atoms with Gasteiger partial charge < -0.3 is 14.6 Å². The smallest absolute Gasteiger partial charge is 0.335 e. The van der Waals surface area contributed by atoms with Gasteiger partial charge in [-0.3, -0.25) is 4.79 Å². The van der Waals surface area contributed by atoms with E-state index >= 15 is 0 Å². The lowest BCUT2D eigenvalue weighted by Gasteiger charge is -2.31. The van der Waals surface area contributed by atoms with Gasteiger partial charge in [0.2, 0.25) is 0 Å². The van der Waals surface area contributed by atoms with Crippen LogP contribution in [0.4, 0.5) is 0 Å². The first-order chi connectivity index (χ1) is 6.07. The van der Waals surface area contributed by atoms with Crippen LogP contribution in [0.15, 0.2) is 0 Å². The van der Waals surface area contributed by atoms with Crippen molar-refractivity contribution < 1.29 is 24.2 Å². The molecule has 0 aromatic carbocycles. The van der Waals surface area contributed by atoms with Crippen LogP contribution in [0.1, 0.15) is 13.3 Å². The monoisotopic (exact) mass is 220 g/mol. The van der Waals surface area contributed by atoms with Gasteiger partial charge in [-0.1, -0.05) is 0 Å². The number of rotatable bonds is 5. The maximum Gasteiger partial charge on any atom is 0.335 e. The third-order valence-corrected chi connectivity index (χ3v) is 2.54. The predicted octanol–water partition coefficient (Wildman–Crippen LogP) is 1.16. The van der Waals surface area contributed by atoms with Crippen LogP contribution in [0.5, 0.6) is 0 Å². The molecule has 0 amide bonds. The van der Waals surface area contributed by atoms with Gasteiger partial charge in [0.1, 0.15) is 0 Å². The molecule has 14 heavy (non-hydrogen) atoms. The van der Waals surface area contributed by atoms with Crippen molar-refractivity contribution in [1.29, 1.82) is 0 Å². The lowest BCUT2D eigenvalue weighted by Crippen LogP contribution is -2.47. The molecule has 0 spiro atoms. The summed E-state index contributed by atoms with van der Waals surface area (Å²) in [5.74, 6) is -2.41. The van der Waals surface area contributed by atoms with E-state index in [4.69, 9.17) is 14.6 Å². The number of hydrogen-bond donors (Lipinski definition) is 2. The van der Waals surface area contributed by atoms with Gasteiger partial charge in [-0.05, 0) is 26.6 Å².